The van der Waals surface area contributed by atoms with Crippen molar-refractivity contribution in [2.75, 3.05) is 26.7 Å². The van der Waals surface area contributed by atoms with Gasteiger partial charge in [0.25, 0.3) is 0 Å². The van der Waals surface area contributed by atoms with Crippen LogP contribution >= 0.6 is 0 Å². The first-order valence-electron chi connectivity index (χ1n) is 17.6. The molecule has 2 aromatic rings. The molecule has 1 aromatic heterocycles. The Balaban J connectivity index is 1.29. The van der Waals surface area contributed by atoms with Crippen molar-refractivity contribution in [3.05, 3.63) is 48.0 Å². The second-order valence-corrected chi connectivity index (χ2v) is 15.1. The molecule has 12 heteroatoms. The molecule has 0 unspecified atom stereocenters. The zero-order valence-corrected chi connectivity index (χ0v) is 28.9. The molecule has 1 saturated carbocycles. The van der Waals surface area contributed by atoms with Crippen LogP contribution in [0.4, 0.5) is 4.79 Å². The third-order valence-corrected chi connectivity index (χ3v) is 10.4. The molecule has 0 radical (unpaired) electrons. The summed E-state index contributed by atoms with van der Waals surface area (Å²) in [6.07, 6.45) is 8.31. The quantitative estimate of drug-likeness (QED) is 0.395. The van der Waals surface area contributed by atoms with E-state index in [1.165, 1.54) is 0 Å². The number of carbonyl (C=O) groups is 4. The normalized spacial score (nSPS) is 30.1. The molecule has 1 aliphatic carbocycles. The predicted octanol–water partition coefficient (Wildman–Crippen LogP) is 4.27. The van der Waals surface area contributed by atoms with E-state index in [9.17, 15) is 24.3 Å². The number of methoxy groups -OCH3 is 1. The van der Waals surface area contributed by atoms with Crippen LogP contribution in [0.5, 0.6) is 5.88 Å². The van der Waals surface area contributed by atoms with E-state index >= 15 is 0 Å². The highest BCUT2D eigenvalue weighted by molar-refractivity contribution is 5.96. The second-order valence-electron chi connectivity index (χ2n) is 15.1. The lowest BCUT2D eigenvalue weighted by Gasteiger charge is -2.33. The van der Waals surface area contributed by atoms with E-state index in [4.69, 9.17) is 9.47 Å². The SMILES string of the molecule is COc1cc(CN2C[C@H]3CN4C(=O)[C@H](NC(=O)OC(C)(C)C)CCCCCC/C=C\[C@H]5C[C@@]5(C(=O)O)NC(=O)[C@@H]4[C@H]3C2)c2ccccc2n1. The molecular formula is C37H49N5O7. The molecular weight excluding hydrogens is 626 g/mol. The van der Waals surface area contributed by atoms with Crippen LogP contribution in [0.1, 0.15) is 71.3 Å². The number of nitrogens with one attached hydrogen (secondary N) is 2. The van der Waals surface area contributed by atoms with Crippen molar-refractivity contribution < 1.29 is 33.8 Å². The molecule has 6 atom stereocenters. The lowest BCUT2D eigenvalue weighted by Crippen LogP contribution is -2.58. The average molecular weight is 676 g/mol. The lowest BCUT2D eigenvalue weighted by molar-refractivity contribution is -0.146. The number of ether oxygens (including phenoxy) is 2. The lowest BCUT2D eigenvalue weighted by atomic mass is 9.93. The van der Waals surface area contributed by atoms with Crippen molar-refractivity contribution in [2.24, 2.45) is 17.8 Å². The largest absolute Gasteiger partial charge is 0.481 e. The summed E-state index contributed by atoms with van der Waals surface area (Å²) in [5.41, 5.74) is -0.250. The van der Waals surface area contributed by atoms with Crippen LogP contribution in [0.15, 0.2) is 42.5 Å². The maximum Gasteiger partial charge on any atom is 0.408 e. The van der Waals surface area contributed by atoms with E-state index in [0.717, 1.165) is 48.6 Å². The number of carboxylic acid groups (broad SMARTS) is 1. The number of nitrogens with zero attached hydrogens (tertiary/aromatic N) is 3. The molecule has 2 saturated heterocycles. The highest BCUT2D eigenvalue weighted by atomic mass is 16.6. The number of amides is 3. The number of benzene rings is 1. The minimum absolute atomic E-state index is 0.0189. The van der Waals surface area contributed by atoms with Gasteiger partial charge in [0.05, 0.1) is 12.6 Å². The Bertz CT molecular complexity index is 1620. The van der Waals surface area contributed by atoms with Gasteiger partial charge in [-0.3, -0.25) is 14.5 Å². The second kappa shape index (κ2) is 14.0. The summed E-state index contributed by atoms with van der Waals surface area (Å²) in [5.74, 6) is -1.88. The van der Waals surface area contributed by atoms with Gasteiger partial charge in [-0.15, -0.1) is 0 Å². The van der Waals surface area contributed by atoms with Crippen molar-refractivity contribution >= 4 is 34.8 Å². The topological polar surface area (TPSA) is 150 Å². The number of rotatable bonds is 5. The molecule has 12 nitrogen and oxygen atoms in total. The maximum absolute atomic E-state index is 14.4. The van der Waals surface area contributed by atoms with Crippen LogP contribution in [0, 0.1) is 17.8 Å². The molecule has 4 aliphatic rings. The van der Waals surface area contributed by atoms with Gasteiger partial charge in [-0.05, 0) is 64.0 Å². The Hall–Kier alpha value is -4.19. The van der Waals surface area contributed by atoms with Crippen LogP contribution in [-0.4, -0.2) is 93.7 Å². The number of para-hydroxylation sites is 1. The molecule has 0 spiro atoms. The zero-order valence-electron chi connectivity index (χ0n) is 28.9. The number of allylic oxidation sites excluding steroid dienone is 1. The highest BCUT2D eigenvalue weighted by Crippen LogP contribution is 2.46. The van der Waals surface area contributed by atoms with Gasteiger partial charge < -0.3 is 30.1 Å². The first-order chi connectivity index (χ1) is 23.4. The molecule has 3 N–H and O–H groups in total. The van der Waals surface area contributed by atoms with Gasteiger partial charge in [-0.1, -0.05) is 49.6 Å². The fraction of sp³-hybridized carbons (Fsp3) is 0.595. The van der Waals surface area contributed by atoms with Crippen LogP contribution in [0.25, 0.3) is 10.9 Å². The Kier molecular flexibility index (Phi) is 9.88. The third kappa shape index (κ3) is 7.54. The standard InChI is InChI=1S/C37H49N5O7/c1-36(2,3)49-35(47)39-29-16-10-8-6-5-7-9-13-25-18-37(25,34(45)46)40-32(43)31-27-22-41(20-24(27)21-42(31)33(29)44)19-23-17-30(48-4)38-28-15-12-11-14-26(23)28/h9,11-15,17,24-25,27,29,31H,5-8,10,16,18-22H2,1-4H3,(H,39,47)(H,40,43)(H,45,46)/b13-9-/t24-,25-,27-,29+,31-,37+/m0/s1. The smallest absolute Gasteiger partial charge is 0.408 e. The van der Waals surface area contributed by atoms with E-state index in [1.807, 2.05) is 42.5 Å². The molecule has 6 rings (SSSR count). The minimum Gasteiger partial charge on any atom is -0.481 e. The monoisotopic (exact) mass is 675 g/mol. The molecule has 3 aliphatic heterocycles. The Morgan fingerprint density at radius 2 is 1.88 bits per heavy atom. The van der Waals surface area contributed by atoms with Crippen LogP contribution in [0.3, 0.4) is 0 Å². The van der Waals surface area contributed by atoms with Crippen LogP contribution < -0.4 is 15.4 Å². The van der Waals surface area contributed by atoms with E-state index in [-0.39, 0.29) is 23.7 Å². The number of likely N-dealkylation sites (tertiary alicyclic amines) is 1. The van der Waals surface area contributed by atoms with Gasteiger partial charge in [0.1, 0.15) is 23.2 Å². The summed E-state index contributed by atoms with van der Waals surface area (Å²) in [5, 5.41) is 17.0. The molecule has 4 heterocycles. The summed E-state index contributed by atoms with van der Waals surface area (Å²) in [4.78, 5) is 62.7. The molecule has 264 valence electrons. The summed E-state index contributed by atoms with van der Waals surface area (Å²) < 4.78 is 11.0. The van der Waals surface area contributed by atoms with Gasteiger partial charge in [0.2, 0.25) is 17.7 Å². The van der Waals surface area contributed by atoms with E-state index in [0.29, 0.717) is 44.9 Å². The van der Waals surface area contributed by atoms with Gasteiger partial charge in [-0.2, -0.15) is 0 Å². The number of carboxylic acids is 1. The van der Waals surface area contributed by atoms with Crippen molar-refractivity contribution in [3.63, 3.8) is 0 Å². The minimum atomic E-state index is -1.39. The van der Waals surface area contributed by atoms with E-state index in [1.54, 1.807) is 32.8 Å². The van der Waals surface area contributed by atoms with Crippen LogP contribution in [-0.2, 0) is 25.7 Å². The fourth-order valence-electron chi connectivity index (χ4n) is 7.91. The number of pyridine rings is 1. The summed E-state index contributed by atoms with van der Waals surface area (Å²) in [7, 11) is 1.59. The van der Waals surface area contributed by atoms with Crippen molar-refractivity contribution in [1.82, 2.24) is 25.4 Å². The molecule has 3 amide bonds. The molecule has 1 aromatic carbocycles. The third-order valence-electron chi connectivity index (χ3n) is 10.4. The van der Waals surface area contributed by atoms with Gasteiger partial charge >= 0.3 is 12.1 Å². The zero-order chi connectivity index (χ0) is 34.9. The first-order valence-corrected chi connectivity index (χ1v) is 17.6. The summed E-state index contributed by atoms with van der Waals surface area (Å²) >= 11 is 0. The van der Waals surface area contributed by atoms with Crippen molar-refractivity contribution in [1.29, 1.82) is 0 Å². The highest BCUT2D eigenvalue weighted by Gasteiger charge is 2.62. The first kappa shape index (κ1) is 34.7. The van der Waals surface area contributed by atoms with E-state index in [2.05, 4.69) is 20.5 Å². The number of hydrogen-bond donors (Lipinski definition) is 3. The fourth-order valence-corrected chi connectivity index (χ4v) is 7.91. The summed E-state index contributed by atoms with van der Waals surface area (Å²) in [6, 6.07) is 8.09. The Morgan fingerprint density at radius 1 is 1.10 bits per heavy atom. The van der Waals surface area contributed by atoms with Crippen molar-refractivity contribution in [3.8, 4) is 5.88 Å². The number of alkyl carbamates (subject to hydrolysis) is 1. The number of carbonyl (C=O) groups excluding carboxylic acids is 3. The molecule has 3 fully saturated rings. The summed E-state index contributed by atoms with van der Waals surface area (Å²) in [6.45, 7) is 7.42. The number of aliphatic carboxylic acids is 1. The van der Waals surface area contributed by atoms with Gasteiger partial charge in [0.15, 0.2) is 0 Å². The number of fused-ring (bicyclic) bond motifs is 5. The number of aromatic nitrogens is 1. The maximum atomic E-state index is 14.4. The Morgan fingerprint density at radius 3 is 2.63 bits per heavy atom. The molecule has 0 bridgehead atoms. The van der Waals surface area contributed by atoms with Crippen LogP contribution in [0.2, 0.25) is 0 Å². The average Bonchev–Trinajstić information content (AvgIpc) is 3.42. The van der Waals surface area contributed by atoms with Gasteiger partial charge in [-0.25, -0.2) is 14.6 Å². The van der Waals surface area contributed by atoms with Gasteiger partial charge in [0, 0.05) is 49.5 Å². The van der Waals surface area contributed by atoms with Crippen molar-refractivity contribution in [2.45, 2.75) is 95.5 Å². The molecule has 49 heavy (non-hydrogen) atoms. The Labute approximate surface area is 287 Å². The van der Waals surface area contributed by atoms with E-state index < -0.39 is 41.2 Å². The predicted molar refractivity (Wildman–Crippen MR) is 183 cm³/mol. The number of hydrogen-bond acceptors (Lipinski definition) is 8.